The van der Waals surface area contributed by atoms with E-state index in [1.807, 2.05) is 65.5 Å². The van der Waals surface area contributed by atoms with Crippen LogP contribution >= 0.6 is 0 Å². The van der Waals surface area contributed by atoms with Crippen LogP contribution in [-0.4, -0.2) is 26.9 Å². The number of hydrogen-bond acceptors (Lipinski definition) is 5. The minimum Gasteiger partial charge on any atom is -0.454 e. The summed E-state index contributed by atoms with van der Waals surface area (Å²) >= 11 is 0. The summed E-state index contributed by atoms with van der Waals surface area (Å²) in [6.07, 6.45) is 0. The molecule has 1 N–H and O–H groups in total. The molecule has 0 aliphatic carbocycles. The third-order valence-corrected chi connectivity index (χ3v) is 5.34. The highest BCUT2D eigenvalue weighted by atomic mass is 16.7. The van der Waals surface area contributed by atoms with E-state index in [1.165, 1.54) is 6.07 Å². The van der Waals surface area contributed by atoms with Gasteiger partial charge in [0, 0.05) is 23.7 Å². The second-order valence-electron chi connectivity index (χ2n) is 7.31. The zero-order valence-electron chi connectivity index (χ0n) is 16.6. The number of aromatic nitrogens is 3. The van der Waals surface area contributed by atoms with Crippen LogP contribution in [-0.2, 0) is 11.3 Å². The van der Waals surface area contributed by atoms with Crippen LogP contribution in [0.4, 0.5) is 0 Å². The van der Waals surface area contributed by atoms with E-state index < -0.39 is 6.04 Å². The van der Waals surface area contributed by atoms with Crippen molar-refractivity contribution in [2.75, 3.05) is 6.79 Å². The summed E-state index contributed by atoms with van der Waals surface area (Å²) in [5, 5.41) is 3.81. The number of carbonyl (C=O) groups excluding carboxylic acids is 1. The molecule has 4 aromatic rings. The summed E-state index contributed by atoms with van der Waals surface area (Å²) in [6.45, 7) is 4.25. The first kappa shape index (κ1) is 18.2. The number of benzene rings is 2. The number of rotatable bonds is 4. The molecule has 152 valence electrons. The van der Waals surface area contributed by atoms with Gasteiger partial charge in [0.05, 0.1) is 5.52 Å². The molecule has 0 spiro atoms. The topological polar surface area (TPSA) is 86.9 Å². The molecule has 1 unspecified atom stereocenters. The van der Waals surface area contributed by atoms with E-state index in [0.29, 0.717) is 23.7 Å². The monoisotopic (exact) mass is 404 g/mol. The van der Waals surface area contributed by atoms with Gasteiger partial charge in [-0.3, -0.25) is 14.3 Å². The molecule has 1 atom stereocenters. The van der Waals surface area contributed by atoms with Crippen LogP contribution in [0.2, 0.25) is 0 Å². The third-order valence-electron chi connectivity index (χ3n) is 5.34. The smallest absolute Gasteiger partial charge is 0.273 e. The zero-order valence-corrected chi connectivity index (χ0v) is 16.6. The molecule has 5 rings (SSSR count). The van der Waals surface area contributed by atoms with E-state index in [1.54, 1.807) is 0 Å². The van der Waals surface area contributed by atoms with Crippen molar-refractivity contribution in [1.29, 1.82) is 0 Å². The van der Waals surface area contributed by atoms with Crippen LogP contribution < -0.4 is 20.3 Å². The van der Waals surface area contributed by atoms with E-state index in [-0.39, 0.29) is 18.3 Å². The Balaban J connectivity index is 1.48. The molecular weight excluding hydrogens is 384 g/mol. The van der Waals surface area contributed by atoms with Crippen LogP contribution in [0.3, 0.4) is 0 Å². The quantitative estimate of drug-likeness (QED) is 0.565. The molecule has 0 saturated heterocycles. The average Bonchev–Trinajstić information content (AvgIpc) is 3.33. The van der Waals surface area contributed by atoms with Crippen molar-refractivity contribution in [2.24, 2.45) is 0 Å². The molecule has 8 heteroatoms. The number of ether oxygens (including phenoxy) is 2. The number of para-hydroxylation sites is 1. The van der Waals surface area contributed by atoms with Gasteiger partial charge in [0.1, 0.15) is 6.04 Å². The second-order valence-corrected chi connectivity index (χ2v) is 7.31. The molecule has 1 aliphatic heterocycles. The first-order chi connectivity index (χ1) is 14.5. The molecule has 2 aromatic heterocycles. The van der Waals surface area contributed by atoms with Gasteiger partial charge < -0.3 is 14.8 Å². The van der Waals surface area contributed by atoms with Crippen LogP contribution in [0.1, 0.15) is 24.2 Å². The van der Waals surface area contributed by atoms with E-state index >= 15 is 0 Å². The van der Waals surface area contributed by atoms with Crippen LogP contribution in [0, 0.1) is 6.92 Å². The Morgan fingerprint density at radius 2 is 1.97 bits per heavy atom. The van der Waals surface area contributed by atoms with E-state index in [4.69, 9.17) is 9.47 Å². The summed E-state index contributed by atoms with van der Waals surface area (Å²) < 4.78 is 14.4. The molecule has 30 heavy (non-hydrogen) atoms. The standard InChI is InChI=1S/C22H20N4O4/c1-13-9-20(27)24-21-16-5-3-4-6-17(16)26(25(13)21)14(2)22(28)23-11-15-7-8-18-19(10-15)30-12-29-18/h3-10,14H,11-12H2,1-2H3,(H,23,28). The summed E-state index contributed by atoms with van der Waals surface area (Å²) in [6, 6.07) is 14.2. The first-order valence-electron chi connectivity index (χ1n) is 9.69. The first-order valence-corrected chi connectivity index (χ1v) is 9.69. The largest absolute Gasteiger partial charge is 0.454 e. The van der Waals surface area contributed by atoms with E-state index in [2.05, 4.69) is 10.3 Å². The Bertz CT molecular complexity index is 1350. The van der Waals surface area contributed by atoms with Crippen molar-refractivity contribution in [2.45, 2.75) is 26.4 Å². The summed E-state index contributed by atoms with van der Waals surface area (Å²) in [5.74, 6) is 1.25. The summed E-state index contributed by atoms with van der Waals surface area (Å²) in [7, 11) is 0. The van der Waals surface area contributed by atoms with Gasteiger partial charge in [-0.05, 0) is 43.7 Å². The van der Waals surface area contributed by atoms with Gasteiger partial charge in [-0.1, -0.05) is 18.2 Å². The Morgan fingerprint density at radius 1 is 1.17 bits per heavy atom. The maximum Gasteiger partial charge on any atom is 0.273 e. The number of nitrogens with one attached hydrogen (secondary N) is 1. The molecule has 0 saturated carbocycles. The molecule has 0 bridgehead atoms. The maximum absolute atomic E-state index is 13.0. The number of hydrogen-bond donors (Lipinski definition) is 1. The van der Waals surface area contributed by atoms with Crippen LogP contribution in [0.25, 0.3) is 16.6 Å². The predicted octanol–water partition coefficient (Wildman–Crippen LogP) is 2.56. The van der Waals surface area contributed by atoms with Gasteiger partial charge >= 0.3 is 0 Å². The molecule has 8 nitrogen and oxygen atoms in total. The number of aryl methyl sites for hydroxylation is 1. The lowest BCUT2D eigenvalue weighted by molar-refractivity contribution is -0.124. The van der Waals surface area contributed by atoms with Crippen LogP contribution in [0.15, 0.2) is 53.3 Å². The normalized spacial score (nSPS) is 13.7. The van der Waals surface area contributed by atoms with E-state index in [0.717, 1.165) is 22.2 Å². The predicted molar refractivity (Wildman–Crippen MR) is 111 cm³/mol. The van der Waals surface area contributed by atoms with Gasteiger partial charge in [-0.25, -0.2) is 4.52 Å². The Labute approximate surface area is 171 Å². The summed E-state index contributed by atoms with van der Waals surface area (Å²) in [4.78, 5) is 29.2. The third kappa shape index (κ3) is 2.88. The fourth-order valence-electron chi connectivity index (χ4n) is 3.89. The lowest BCUT2D eigenvalue weighted by atomic mass is 10.2. The van der Waals surface area contributed by atoms with Crippen molar-refractivity contribution in [3.05, 3.63) is 70.1 Å². The lowest BCUT2D eigenvalue weighted by Crippen LogP contribution is -2.32. The minimum absolute atomic E-state index is 0.145. The number of fused-ring (bicyclic) bond motifs is 4. The molecule has 1 aliphatic rings. The highest BCUT2D eigenvalue weighted by molar-refractivity contribution is 5.94. The fraction of sp³-hybridized carbons (Fsp3) is 0.227. The van der Waals surface area contributed by atoms with Gasteiger partial charge in [0.25, 0.3) is 5.56 Å². The van der Waals surface area contributed by atoms with Crippen molar-refractivity contribution in [3.8, 4) is 11.5 Å². The molecule has 0 fully saturated rings. The lowest BCUT2D eigenvalue weighted by Gasteiger charge is -2.18. The Morgan fingerprint density at radius 3 is 2.83 bits per heavy atom. The van der Waals surface area contributed by atoms with Gasteiger partial charge in [0.15, 0.2) is 17.1 Å². The second kappa shape index (κ2) is 6.91. The average molecular weight is 404 g/mol. The number of carbonyl (C=O) groups is 1. The van der Waals surface area contributed by atoms with Crippen LogP contribution in [0.5, 0.6) is 11.5 Å². The highest BCUT2D eigenvalue weighted by Crippen LogP contribution is 2.32. The Hall–Kier alpha value is -3.81. The Kier molecular flexibility index (Phi) is 4.20. The molecule has 3 heterocycles. The summed E-state index contributed by atoms with van der Waals surface area (Å²) in [5.41, 5.74) is 2.73. The maximum atomic E-state index is 13.0. The zero-order chi connectivity index (χ0) is 20.8. The van der Waals surface area contributed by atoms with Gasteiger partial charge in [-0.2, -0.15) is 4.98 Å². The molecular formula is C22H20N4O4. The van der Waals surface area contributed by atoms with E-state index in [9.17, 15) is 9.59 Å². The molecule has 2 aromatic carbocycles. The van der Waals surface area contributed by atoms with Crippen molar-refractivity contribution in [1.82, 2.24) is 19.5 Å². The van der Waals surface area contributed by atoms with Crippen molar-refractivity contribution in [3.63, 3.8) is 0 Å². The fourth-order valence-corrected chi connectivity index (χ4v) is 3.89. The van der Waals surface area contributed by atoms with Crippen molar-refractivity contribution >= 4 is 22.5 Å². The molecule has 1 amide bonds. The molecule has 0 radical (unpaired) electrons. The highest BCUT2D eigenvalue weighted by Gasteiger charge is 2.22. The number of nitrogens with zero attached hydrogens (tertiary/aromatic N) is 3. The van der Waals surface area contributed by atoms with Crippen molar-refractivity contribution < 1.29 is 14.3 Å². The number of amides is 1. The minimum atomic E-state index is -0.524. The van der Waals surface area contributed by atoms with Gasteiger partial charge in [0.2, 0.25) is 12.7 Å². The SMILES string of the molecule is Cc1cc(=O)nc2c3ccccc3n(C(C)C(=O)NCc3ccc4c(c3)OCO4)n12. The van der Waals surface area contributed by atoms with Gasteiger partial charge in [-0.15, -0.1) is 0 Å².